The number of thiophene rings is 1. The first-order valence-electron chi connectivity index (χ1n) is 4.01. The molecule has 1 nitrogen and oxygen atoms in total. The molecule has 1 aromatic heterocycles. The van der Waals surface area contributed by atoms with E-state index in [4.69, 9.17) is 5.73 Å². The molecule has 1 atom stereocenters. The van der Waals surface area contributed by atoms with Crippen LogP contribution < -0.4 is 5.73 Å². The van der Waals surface area contributed by atoms with Crippen molar-refractivity contribution < 1.29 is 0 Å². The Bertz CT molecular complexity index is 191. The van der Waals surface area contributed by atoms with Crippen molar-refractivity contribution in [1.29, 1.82) is 0 Å². The summed E-state index contributed by atoms with van der Waals surface area (Å²) in [5.41, 5.74) is 6.95. The van der Waals surface area contributed by atoms with Crippen molar-refractivity contribution in [2.75, 3.05) is 0 Å². The molecule has 0 aliphatic rings. The Hall–Kier alpha value is -0.340. The van der Waals surface area contributed by atoms with Crippen LogP contribution >= 0.6 is 11.3 Å². The number of aryl methyl sites for hydroxylation is 1. The fraction of sp³-hybridized carbons (Fsp3) is 0.556. The van der Waals surface area contributed by atoms with Crippen LogP contribution in [-0.4, -0.2) is 0 Å². The molecule has 0 amide bonds. The normalized spacial score (nSPS) is 11.7. The average Bonchev–Trinajstić information content (AvgIpc) is 2.40. The molecular weight excluding hydrogens is 154 g/mol. The van der Waals surface area contributed by atoms with E-state index in [0.29, 0.717) is 0 Å². The molecule has 0 fully saturated rings. The molecule has 1 rings (SSSR count). The largest absolute Gasteiger partial charge is 0.324 e. The van der Waals surface area contributed by atoms with Gasteiger partial charge in [-0.3, -0.25) is 0 Å². The lowest BCUT2D eigenvalue weighted by molar-refractivity contribution is 0.838. The zero-order valence-electron chi connectivity index (χ0n) is 7.72. The molecule has 0 aliphatic carbocycles. The summed E-state index contributed by atoms with van der Waals surface area (Å²) in [6, 6.07) is 2.33. The number of rotatable bonds is 1. The van der Waals surface area contributed by atoms with E-state index in [0.717, 1.165) is 0 Å². The molecular formula is C9H17NS. The van der Waals surface area contributed by atoms with Crippen LogP contribution in [0, 0.1) is 6.92 Å². The summed E-state index contributed by atoms with van der Waals surface area (Å²) in [4.78, 5) is 1.27. The van der Waals surface area contributed by atoms with E-state index in [2.05, 4.69) is 18.4 Å². The molecule has 0 radical (unpaired) electrons. The van der Waals surface area contributed by atoms with Gasteiger partial charge in [0, 0.05) is 10.9 Å². The molecule has 0 spiro atoms. The van der Waals surface area contributed by atoms with Gasteiger partial charge >= 0.3 is 0 Å². The van der Waals surface area contributed by atoms with Crippen LogP contribution in [0.15, 0.2) is 11.4 Å². The molecule has 0 saturated carbocycles. The topological polar surface area (TPSA) is 26.0 Å². The van der Waals surface area contributed by atoms with Crippen LogP contribution in [0.4, 0.5) is 0 Å². The van der Waals surface area contributed by atoms with Crippen molar-refractivity contribution >= 4 is 11.3 Å². The van der Waals surface area contributed by atoms with Gasteiger partial charge in [-0.25, -0.2) is 0 Å². The third-order valence-electron chi connectivity index (χ3n) is 1.20. The van der Waals surface area contributed by atoms with Gasteiger partial charge in [0.05, 0.1) is 0 Å². The minimum absolute atomic E-state index is 0.198. The summed E-state index contributed by atoms with van der Waals surface area (Å²) in [6.45, 7) is 8.09. The van der Waals surface area contributed by atoms with Crippen LogP contribution in [0.25, 0.3) is 0 Å². The second-order valence-electron chi connectivity index (χ2n) is 2.32. The summed E-state index contributed by atoms with van der Waals surface area (Å²) >= 11 is 1.73. The Morgan fingerprint density at radius 1 is 1.45 bits per heavy atom. The Morgan fingerprint density at radius 2 is 2.00 bits per heavy atom. The first kappa shape index (κ1) is 10.7. The van der Waals surface area contributed by atoms with Gasteiger partial charge in [0.25, 0.3) is 0 Å². The van der Waals surface area contributed by atoms with Crippen LogP contribution in [0.5, 0.6) is 0 Å². The van der Waals surface area contributed by atoms with Crippen molar-refractivity contribution in [2.24, 2.45) is 5.73 Å². The van der Waals surface area contributed by atoms with E-state index in [-0.39, 0.29) is 6.04 Å². The summed E-state index contributed by atoms with van der Waals surface area (Å²) in [5, 5.41) is 2.12. The fourth-order valence-electron chi connectivity index (χ4n) is 0.692. The van der Waals surface area contributed by atoms with Crippen molar-refractivity contribution in [3.63, 3.8) is 0 Å². The van der Waals surface area contributed by atoms with Crippen molar-refractivity contribution in [3.05, 3.63) is 21.9 Å². The predicted octanol–water partition coefficient (Wildman–Crippen LogP) is 3.10. The molecule has 1 unspecified atom stereocenters. The lowest BCUT2D eigenvalue weighted by atomic mass is 10.2. The van der Waals surface area contributed by atoms with E-state index >= 15 is 0 Å². The zero-order chi connectivity index (χ0) is 8.85. The smallest absolute Gasteiger partial charge is 0.0361 e. The maximum atomic E-state index is 5.64. The molecule has 2 heteroatoms. The SMILES string of the molecule is CC.Cc1csc(C(C)N)c1. The van der Waals surface area contributed by atoms with Crippen LogP contribution in [0.1, 0.15) is 37.3 Å². The highest BCUT2D eigenvalue weighted by molar-refractivity contribution is 7.10. The van der Waals surface area contributed by atoms with Gasteiger partial charge in [-0.2, -0.15) is 0 Å². The van der Waals surface area contributed by atoms with Gasteiger partial charge in [0.15, 0.2) is 0 Å². The summed E-state index contributed by atoms with van der Waals surface area (Å²) in [5.74, 6) is 0. The lowest BCUT2D eigenvalue weighted by Gasteiger charge is -1.96. The minimum Gasteiger partial charge on any atom is -0.324 e. The first-order valence-corrected chi connectivity index (χ1v) is 4.88. The summed E-state index contributed by atoms with van der Waals surface area (Å²) in [7, 11) is 0. The quantitative estimate of drug-likeness (QED) is 0.690. The molecule has 0 bridgehead atoms. The zero-order valence-corrected chi connectivity index (χ0v) is 8.53. The van der Waals surface area contributed by atoms with E-state index in [9.17, 15) is 0 Å². The van der Waals surface area contributed by atoms with E-state index in [1.165, 1.54) is 10.4 Å². The van der Waals surface area contributed by atoms with Crippen molar-refractivity contribution in [2.45, 2.75) is 33.7 Å². The second-order valence-corrected chi connectivity index (χ2v) is 3.26. The molecule has 2 N–H and O–H groups in total. The number of nitrogens with two attached hydrogens (primary N) is 1. The van der Waals surface area contributed by atoms with E-state index in [1.54, 1.807) is 11.3 Å². The van der Waals surface area contributed by atoms with Gasteiger partial charge in [-0.1, -0.05) is 13.8 Å². The minimum atomic E-state index is 0.198. The molecule has 1 aromatic rings. The van der Waals surface area contributed by atoms with Gasteiger partial charge in [-0.15, -0.1) is 11.3 Å². The third-order valence-corrected chi connectivity index (χ3v) is 2.45. The molecule has 64 valence electrons. The molecule has 1 heterocycles. The Kier molecular flexibility index (Phi) is 5.16. The van der Waals surface area contributed by atoms with Crippen LogP contribution in [-0.2, 0) is 0 Å². The predicted molar refractivity (Wildman–Crippen MR) is 53.0 cm³/mol. The monoisotopic (exact) mass is 171 g/mol. The fourth-order valence-corrected chi connectivity index (χ4v) is 1.55. The van der Waals surface area contributed by atoms with Gasteiger partial charge in [0.1, 0.15) is 0 Å². The Balaban J connectivity index is 0.000000461. The number of hydrogen-bond acceptors (Lipinski definition) is 2. The van der Waals surface area contributed by atoms with Crippen molar-refractivity contribution in [1.82, 2.24) is 0 Å². The van der Waals surface area contributed by atoms with Gasteiger partial charge in [-0.05, 0) is 30.9 Å². The van der Waals surface area contributed by atoms with Crippen molar-refractivity contribution in [3.8, 4) is 0 Å². The maximum absolute atomic E-state index is 5.64. The van der Waals surface area contributed by atoms with Crippen LogP contribution in [0.2, 0.25) is 0 Å². The maximum Gasteiger partial charge on any atom is 0.0361 e. The van der Waals surface area contributed by atoms with Gasteiger partial charge < -0.3 is 5.73 Å². The Morgan fingerprint density at radius 3 is 2.18 bits per heavy atom. The highest BCUT2D eigenvalue weighted by atomic mass is 32.1. The number of hydrogen-bond donors (Lipinski definition) is 1. The highest BCUT2D eigenvalue weighted by Gasteiger charge is 1.99. The van der Waals surface area contributed by atoms with E-state index in [1.807, 2.05) is 20.8 Å². The third kappa shape index (κ3) is 3.54. The van der Waals surface area contributed by atoms with Gasteiger partial charge in [0.2, 0.25) is 0 Å². The standard InChI is InChI=1S/C7H11NS.C2H6/c1-5-3-7(6(2)8)9-4-5;1-2/h3-4,6H,8H2,1-2H3;1-2H3. The lowest BCUT2D eigenvalue weighted by Crippen LogP contribution is -2.01. The molecule has 0 saturated heterocycles. The van der Waals surface area contributed by atoms with E-state index < -0.39 is 0 Å². The molecule has 11 heavy (non-hydrogen) atoms. The molecule has 0 aliphatic heterocycles. The second kappa shape index (κ2) is 5.33. The summed E-state index contributed by atoms with van der Waals surface area (Å²) in [6.07, 6.45) is 0. The first-order chi connectivity index (χ1) is 5.20. The average molecular weight is 171 g/mol. The molecule has 0 aromatic carbocycles. The highest BCUT2D eigenvalue weighted by Crippen LogP contribution is 2.18. The Labute approximate surface area is 73.2 Å². The van der Waals surface area contributed by atoms with Crippen LogP contribution in [0.3, 0.4) is 0 Å². The summed E-state index contributed by atoms with van der Waals surface area (Å²) < 4.78 is 0.